The fraction of sp³-hybridized carbons (Fsp3) is 0. The molecule has 0 aromatic rings. The average Bonchev–Trinajstić information content (AvgIpc) is 1.14. The quantitative estimate of drug-likeness (QED) is 0.709. The van der Waals surface area contributed by atoms with Crippen LogP contribution in [-0.4, -0.2) is 0 Å². The molecule has 0 heterocycles. The highest BCUT2D eigenvalue weighted by Gasteiger charge is 2.24. The van der Waals surface area contributed by atoms with Gasteiger partial charge in [0.25, 0.3) is 11.7 Å². The molecule has 2 atom stereocenters. The Balaban J connectivity index is 4.07. The predicted octanol–water partition coefficient (Wildman–Crippen LogP) is 2.33. The Hall–Kier alpha value is 1.31. The molecule has 0 saturated heterocycles. The molecule has 0 aromatic carbocycles. The van der Waals surface area contributed by atoms with Gasteiger partial charge in [-0.25, -0.2) is 0 Å². The molecule has 56 valence electrons. The molecule has 0 aliphatic heterocycles. The van der Waals surface area contributed by atoms with Crippen molar-refractivity contribution in [2.45, 2.75) is 0 Å². The summed E-state index contributed by atoms with van der Waals surface area (Å²) in [6.45, 7) is 0. The van der Waals surface area contributed by atoms with Crippen LogP contribution in [0.2, 0.25) is 0 Å². The molecule has 0 bridgehead atoms. The highest BCUT2D eigenvalue weighted by molar-refractivity contribution is 8.94. The van der Waals surface area contributed by atoms with Crippen molar-refractivity contribution in [3.05, 3.63) is 0 Å². The molecule has 9 heteroatoms. The lowest BCUT2D eigenvalue weighted by Gasteiger charge is -2.03. The van der Waals surface area contributed by atoms with Gasteiger partial charge in [-0.15, -0.1) is 0 Å². The normalized spacial score (nSPS) is 24.4. The Morgan fingerprint density at radius 2 is 1.33 bits per heavy atom. The summed E-state index contributed by atoms with van der Waals surface area (Å²) in [6.07, 6.45) is 0. The SMILES string of the molecule is NP(=O)(Cl)SP(N)(=O)Cl. The van der Waals surface area contributed by atoms with E-state index in [4.69, 9.17) is 33.5 Å². The highest BCUT2D eigenvalue weighted by Crippen LogP contribution is 2.75. The van der Waals surface area contributed by atoms with Crippen LogP contribution in [0.5, 0.6) is 0 Å². The lowest BCUT2D eigenvalue weighted by molar-refractivity contribution is 0.593. The number of rotatable bonds is 2. The van der Waals surface area contributed by atoms with E-state index in [1.807, 2.05) is 0 Å². The first-order chi connectivity index (χ1) is 3.71. The lowest BCUT2D eigenvalue weighted by Crippen LogP contribution is -1.84. The Labute approximate surface area is 65.6 Å². The molecular formula is H4Cl2N2O2P2S. The lowest BCUT2D eigenvalue weighted by atomic mass is 13.9. The van der Waals surface area contributed by atoms with E-state index in [0.717, 1.165) is 0 Å². The summed E-state index contributed by atoms with van der Waals surface area (Å²) < 4.78 is 20.8. The van der Waals surface area contributed by atoms with Crippen LogP contribution in [0.1, 0.15) is 0 Å². The smallest absolute Gasteiger partial charge is 0.277 e. The second-order valence-electron chi connectivity index (χ2n) is 1.12. The number of nitrogens with two attached hydrogens (primary N) is 2. The summed E-state index contributed by atoms with van der Waals surface area (Å²) in [7, 11) is 0. The third kappa shape index (κ3) is 9.31. The van der Waals surface area contributed by atoms with E-state index >= 15 is 0 Å². The molecule has 4 N–H and O–H groups in total. The summed E-state index contributed by atoms with van der Waals surface area (Å²) in [5.74, 6) is -6.84. The van der Waals surface area contributed by atoms with Crippen molar-refractivity contribution in [2.75, 3.05) is 0 Å². The molecule has 9 heavy (non-hydrogen) atoms. The standard InChI is InChI=1S/Cl2H4N2O2P2S/c1-7(3,5)9-8(2,4)6/h(H2,3,5)(H2,4,6). The molecular weight excluding hydrogens is 225 g/mol. The van der Waals surface area contributed by atoms with Gasteiger partial charge in [-0.3, -0.25) is 20.1 Å². The number of hydrogen-bond donors (Lipinski definition) is 2. The molecule has 0 aliphatic rings. The monoisotopic (exact) mass is 228 g/mol. The van der Waals surface area contributed by atoms with Crippen molar-refractivity contribution in [1.82, 2.24) is 0 Å². The van der Waals surface area contributed by atoms with Crippen molar-refractivity contribution in [2.24, 2.45) is 11.0 Å². The molecule has 4 nitrogen and oxygen atoms in total. The minimum absolute atomic E-state index is 0.211. The van der Waals surface area contributed by atoms with Crippen LogP contribution in [0.3, 0.4) is 0 Å². The topological polar surface area (TPSA) is 86.2 Å². The zero-order valence-electron chi connectivity index (χ0n) is 4.03. The molecule has 0 rings (SSSR count). The maximum Gasteiger partial charge on any atom is 0.293 e. The van der Waals surface area contributed by atoms with E-state index in [0.29, 0.717) is 0 Å². The van der Waals surface area contributed by atoms with Gasteiger partial charge in [0.15, 0.2) is 0 Å². The maximum atomic E-state index is 10.4. The molecule has 2 unspecified atom stereocenters. The Kier molecular flexibility index (Phi) is 3.60. The molecule has 0 amide bonds. The van der Waals surface area contributed by atoms with Crippen molar-refractivity contribution < 1.29 is 9.13 Å². The van der Waals surface area contributed by atoms with E-state index in [2.05, 4.69) is 0 Å². The third-order valence-corrected chi connectivity index (χ3v) is 9.35. The molecule has 0 aromatic heterocycles. The van der Waals surface area contributed by atoms with E-state index in [1.165, 1.54) is 0 Å². The highest BCUT2D eigenvalue weighted by atomic mass is 35.7. The van der Waals surface area contributed by atoms with Gasteiger partial charge in [-0.05, 0) is 22.5 Å². The summed E-state index contributed by atoms with van der Waals surface area (Å²) in [6, 6.07) is 0. The Bertz CT molecular complexity index is 161. The van der Waals surface area contributed by atoms with Gasteiger partial charge in [-0.2, -0.15) is 0 Å². The molecule has 0 spiro atoms. The largest absolute Gasteiger partial charge is 0.293 e. The minimum atomic E-state index is -3.42. The molecule has 0 fully saturated rings. The number of halogens is 2. The van der Waals surface area contributed by atoms with Gasteiger partial charge in [0.2, 0.25) is 0 Å². The molecule has 0 aliphatic carbocycles. The second kappa shape index (κ2) is 3.14. The first-order valence-corrected chi connectivity index (χ1v) is 8.97. The second-order valence-corrected chi connectivity index (χ2v) is 12.8. The van der Waals surface area contributed by atoms with Crippen molar-refractivity contribution >= 4 is 45.2 Å². The van der Waals surface area contributed by atoms with Crippen LogP contribution in [0.25, 0.3) is 0 Å². The Morgan fingerprint density at radius 3 is 1.33 bits per heavy atom. The van der Waals surface area contributed by atoms with E-state index in [1.54, 1.807) is 0 Å². The maximum absolute atomic E-state index is 10.4. The zero-order chi connectivity index (χ0) is 7.71. The fourth-order valence-corrected chi connectivity index (χ4v) is 9.90. The van der Waals surface area contributed by atoms with Crippen LogP contribution < -0.4 is 11.0 Å². The van der Waals surface area contributed by atoms with Crippen molar-refractivity contribution in [3.63, 3.8) is 0 Å². The summed E-state index contributed by atoms with van der Waals surface area (Å²) in [5, 5.41) is 0. The van der Waals surface area contributed by atoms with Crippen LogP contribution in [0, 0.1) is 0 Å². The van der Waals surface area contributed by atoms with Gasteiger partial charge < -0.3 is 0 Å². The third-order valence-electron chi connectivity index (χ3n) is 0.223. The van der Waals surface area contributed by atoms with Crippen LogP contribution in [-0.2, 0) is 9.13 Å². The zero-order valence-corrected chi connectivity index (χ0v) is 8.15. The Morgan fingerprint density at radius 1 is 1.11 bits per heavy atom. The van der Waals surface area contributed by atoms with Crippen molar-refractivity contribution in [1.29, 1.82) is 0 Å². The first-order valence-electron chi connectivity index (χ1n) is 1.58. The van der Waals surface area contributed by atoms with E-state index in [9.17, 15) is 9.13 Å². The van der Waals surface area contributed by atoms with E-state index < -0.39 is 11.7 Å². The van der Waals surface area contributed by atoms with Crippen LogP contribution in [0.4, 0.5) is 0 Å². The van der Waals surface area contributed by atoms with Crippen molar-refractivity contribution in [3.8, 4) is 0 Å². The average molecular weight is 229 g/mol. The van der Waals surface area contributed by atoms with E-state index in [-0.39, 0.29) is 11.0 Å². The van der Waals surface area contributed by atoms with Crippen LogP contribution >= 0.6 is 45.2 Å². The van der Waals surface area contributed by atoms with Gasteiger partial charge >= 0.3 is 0 Å². The van der Waals surface area contributed by atoms with Gasteiger partial charge in [-0.1, -0.05) is 0 Å². The van der Waals surface area contributed by atoms with Gasteiger partial charge in [0.05, 0.1) is 0 Å². The number of hydrogen-bond acceptors (Lipinski definition) is 3. The fourth-order valence-electron chi connectivity index (χ4n) is 0.152. The predicted molar refractivity (Wildman–Crippen MR) is 42.9 cm³/mol. The minimum Gasteiger partial charge on any atom is -0.277 e. The molecule has 0 radical (unpaired) electrons. The molecule has 0 saturated carbocycles. The summed E-state index contributed by atoms with van der Waals surface area (Å²) >= 11 is 10.2. The summed E-state index contributed by atoms with van der Waals surface area (Å²) in [5.41, 5.74) is 9.54. The van der Waals surface area contributed by atoms with Crippen LogP contribution in [0.15, 0.2) is 0 Å². The van der Waals surface area contributed by atoms with Gasteiger partial charge in [0.1, 0.15) is 0 Å². The van der Waals surface area contributed by atoms with Gasteiger partial charge in [0, 0.05) is 11.0 Å². The first kappa shape index (κ1) is 10.3. The summed E-state index contributed by atoms with van der Waals surface area (Å²) in [4.78, 5) is 0.